The summed E-state index contributed by atoms with van der Waals surface area (Å²) in [6.45, 7) is 2.47. The van der Waals surface area contributed by atoms with Gasteiger partial charge >= 0.3 is 0 Å². The van der Waals surface area contributed by atoms with Crippen LogP contribution < -0.4 is 25.7 Å². The monoisotopic (exact) mass is 445 g/mol. The highest BCUT2D eigenvalue weighted by atomic mass is 16.5. The van der Waals surface area contributed by atoms with Gasteiger partial charge in [0.05, 0.1) is 23.8 Å². The molecule has 1 aromatic heterocycles. The highest BCUT2D eigenvalue weighted by Crippen LogP contribution is 2.45. The van der Waals surface area contributed by atoms with Crippen LogP contribution in [0.5, 0.6) is 17.4 Å². The average Bonchev–Trinajstić information content (AvgIpc) is 3.24. The zero-order valence-electron chi connectivity index (χ0n) is 18.0. The zero-order valence-corrected chi connectivity index (χ0v) is 18.0. The largest absolute Gasteiger partial charge is 0.494 e. The van der Waals surface area contributed by atoms with Crippen molar-refractivity contribution in [3.63, 3.8) is 0 Å². The number of rotatable bonds is 8. The number of amides is 1. The van der Waals surface area contributed by atoms with Crippen LogP contribution in [0.25, 0.3) is 11.3 Å². The molecule has 2 heterocycles. The molecule has 1 amide bonds. The maximum atomic E-state index is 11.0. The summed E-state index contributed by atoms with van der Waals surface area (Å²) in [5.41, 5.74) is 14.5. The van der Waals surface area contributed by atoms with Crippen molar-refractivity contribution in [3.05, 3.63) is 71.1 Å². The van der Waals surface area contributed by atoms with Crippen molar-refractivity contribution in [3.8, 4) is 34.7 Å². The van der Waals surface area contributed by atoms with Crippen molar-refractivity contribution in [2.75, 3.05) is 13.2 Å². The summed E-state index contributed by atoms with van der Waals surface area (Å²) >= 11 is 0. The average molecular weight is 445 g/mol. The van der Waals surface area contributed by atoms with Gasteiger partial charge in [-0.2, -0.15) is 5.26 Å². The van der Waals surface area contributed by atoms with Gasteiger partial charge in [-0.1, -0.05) is 19.1 Å². The van der Waals surface area contributed by atoms with Crippen LogP contribution in [0.1, 0.15) is 30.4 Å². The fraction of sp³-hybridized carbons (Fsp3) is 0.208. The Balaban J connectivity index is 1.72. The highest BCUT2D eigenvalue weighted by Gasteiger charge is 2.35. The van der Waals surface area contributed by atoms with E-state index in [2.05, 4.69) is 16.3 Å². The van der Waals surface area contributed by atoms with Crippen molar-refractivity contribution < 1.29 is 19.0 Å². The molecular formula is C24H23N5O4. The summed E-state index contributed by atoms with van der Waals surface area (Å²) in [6, 6.07) is 16.8. The lowest BCUT2D eigenvalue weighted by molar-refractivity contribution is -0.119. The number of nitrogens with two attached hydrogens (primary N) is 2. The number of nitrogens with zero attached hydrogens (tertiary/aromatic N) is 2. The smallest absolute Gasteiger partial charge is 0.255 e. The van der Waals surface area contributed by atoms with Crippen molar-refractivity contribution in [2.24, 2.45) is 11.5 Å². The summed E-state index contributed by atoms with van der Waals surface area (Å²) in [5.74, 6) is 0.501. The highest BCUT2D eigenvalue weighted by molar-refractivity contribution is 5.75. The summed E-state index contributed by atoms with van der Waals surface area (Å²) in [4.78, 5) is 11.0. The zero-order chi connectivity index (χ0) is 23.4. The predicted molar refractivity (Wildman–Crippen MR) is 120 cm³/mol. The molecule has 0 saturated carbocycles. The topological polar surface area (TPSA) is 149 Å². The first-order chi connectivity index (χ1) is 16.0. The Morgan fingerprint density at radius 2 is 1.82 bits per heavy atom. The van der Waals surface area contributed by atoms with Gasteiger partial charge in [-0.15, -0.1) is 5.10 Å². The quantitative estimate of drug-likeness (QED) is 0.482. The van der Waals surface area contributed by atoms with E-state index >= 15 is 0 Å². The van der Waals surface area contributed by atoms with E-state index in [4.69, 9.17) is 25.7 Å². The number of benzene rings is 2. The third kappa shape index (κ3) is 4.45. The fourth-order valence-corrected chi connectivity index (χ4v) is 3.65. The lowest BCUT2D eigenvalue weighted by atomic mass is 9.83. The van der Waals surface area contributed by atoms with E-state index in [1.54, 1.807) is 24.3 Å². The Morgan fingerprint density at radius 3 is 2.45 bits per heavy atom. The fourth-order valence-electron chi connectivity index (χ4n) is 3.65. The molecule has 1 atom stereocenters. The molecule has 0 spiro atoms. The second kappa shape index (κ2) is 9.36. The molecule has 1 aliphatic heterocycles. The van der Waals surface area contributed by atoms with Gasteiger partial charge in [0.25, 0.3) is 5.91 Å². The minimum atomic E-state index is -0.565. The maximum Gasteiger partial charge on any atom is 0.255 e. The van der Waals surface area contributed by atoms with Gasteiger partial charge in [-0.05, 0) is 48.4 Å². The predicted octanol–water partition coefficient (Wildman–Crippen LogP) is 2.95. The van der Waals surface area contributed by atoms with E-state index < -0.39 is 11.8 Å². The Bertz CT molecular complexity index is 1220. The first-order valence-electron chi connectivity index (χ1n) is 10.4. The summed E-state index contributed by atoms with van der Waals surface area (Å²) in [7, 11) is 0. The molecule has 0 bridgehead atoms. The summed E-state index contributed by atoms with van der Waals surface area (Å²) in [5, 5.41) is 17.2. The number of nitrogens with one attached hydrogen (secondary N) is 1. The van der Waals surface area contributed by atoms with Gasteiger partial charge in [0.2, 0.25) is 11.8 Å². The first kappa shape index (κ1) is 21.8. The number of carbonyl (C=O) groups excluding carboxylic acids is 1. The Hall–Kier alpha value is -4.45. The molecule has 3 aromatic rings. The Morgan fingerprint density at radius 1 is 1.15 bits per heavy atom. The number of aromatic nitrogens is 2. The number of ether oxygens (including phenoxy) is 3. The number of fused-ring (bicyclic) bond motifs is 1. The number of carbonyl (C=O) groups is 1. The number of allylic oxidation sites excluding steroid dienone is 1. The number of hydrogen-bond donors (Lipinski definition) is 3. The number of nitriles is 1. The maximum absolute atomic E-state index is 11.0. The van der Waals surface area contributed by atoms with Crippen LogP contribution >= 0.6 is 0 Å². The van der Waals surface area contributed by atoms with Gasteiger partial charge in [0.1, 0.15) is 23.1 Å². The van der Waals surface area contributed by atoms with E-state index in [1.807, 2.05) is 31.2 Å². The van der Waals surface area contributed by atoms with E-state index in [0.717, 1.165) is 23.3 Å². The van der Waals surface area contributed by atoms with Gasteiger partial charge in [-0.25, -0.2) is 0 Å². The molecule has 1 aliphatic rings. The van der Waals surface area contributed by atoms with E-state index in [1.165, 1.54) is 0 Å². The molecule has 4 rings (SSSR count). The number of hydrogen-bond acceptors (Lipinski definition) is 7. The van der Waals surface area contributed by atoms with Gasteiger partial charge in [-0.3, -0.25) is 9.89 Å². The minimum absolute atomic E-state index is 0.00502. The molecule has 9 nitrogen and oxygen atoms in total. The van der Waals surface area contributed by atoms with E-state index in [-0.39, 0.29) is 18.1 Å². The molecule has 9 heteroatoms. The van der Waals surface area contributed by atoms with Gasteiger partial charge in [0.15, 0.2) is 6.61 Å². The molecule has 0 saturated heterocycles. The van der Waals surface area contributed by atoms with Crippen LogP contribution in [0.2, 0.25) is 0 Å². The first-order valence-corrected chi connectivity index (χ1v) is 10.4. The summed E-state index contributed by atoms with van der Waals surface area (Å²) < 4.78 is 16.7. The summed E-state index contributed by atoms with van der Waals surface area (Å²) in [6.07, 6.45) is 0.922. The van der Waals surface area contributed by atoms with Gasteiger partial charge in [0, 0.05) is 5.56 Å². The van der Waals surface area contributed by atoms with Crippen LogP contribution in [0.3, 0.4) is 0 Å². The lowest BCUT2D eigenvalue weighted by Gasteiger charge is -2.24. The molecule has 168 valence electrons. The molecule has 0 radical (unpaired) electrons. The van der Waals surface area contributed by atoms with Gasteiger partial charge < -0.3 is 25.7 Å². The van der Waals surface area contributed by atoms with Crippen LogP contribution in [0, 0.1) is 11.3 Å². The molecule has 0 aliphatic carbocycles. The van der Waals surface area contributed by atoms with Crippen LogP contribution in [0.15, 0.2) is 60.0 Å². The number of H-pyrrole nitrogens is 1. The van der Waals surface area contributed by atoms with Crippen molar-refractivity contribution in [1.82, 2.24) is 10.2 Å². The lowest BCUT2D eigenvalue weighted by Crippen LogP contribution is -2.21. The number of primary amides is 1. The Kier molecular flexibility index (Phi) is 6.17. The molecule has 5 N–H and O–H groups in total. The standard InChI is InChI=1S/C24H23N5O4/c1-2-11-31-16-9-5-15(6-10-16)22-21-20(18(12-25)23(27)33-24(21)29-28-22)14-3-7-17(8-4-14)32-13-19(26)30/h3-10,20H,2,11,13,27H2,1H3,(H2,26,30)(H,28,29). The second-order valence-corrected chi connectivity index (χ2v) is 7.44. The third-order valence-corrected chi connectivity index (χ3v) is 5.15. The van der Waals surface area contributed by atoms with Crippen molar-refractivity contribution in [1.29, 1.82) is 5.26 Å². The van der Waals surface area contributed by atoms with E-state index in [0.29, 0.717) is 29.5 Å². The molecule has 1 unspecified atom stereocenters. The Labute approximate surface area is 190 Å². The second-order valence-electron chi connectivity index (χ2n) is 7.44. The molecular weight excluding hydrogens is 422 g/mol. The number of aromatic amines is 1. The van der Waals surface area contributed by atoms with Crippen LogP contribution in [0.4, 0.5) is 0 Å². The molecule has 33 heavy (non-hydrogen) atoms. The third-order valence-electron chi connectivity index (χ3n) is 5.15. The normalized spacial score (nSPS) is 14.7. The van der Waals surface area contributed by atoms with E-state index in [9.17, 15) is 10.1 Å². The van der Waals surface area contributed by atoms with Crippen LogP contribution in [-0.2, 0) is 4.79 Å². The molecule has 2 aromatic carbocycles. The van der Waals surface area contributed by atoms with Crippen LogP contribution in [-0.4, -0.2) is 29.3 Å². The minimum Gasteiger partial charge on any atom is -0.494 e. The van der Waals surface area contributed by atoms with Crippen molar-refractivity contribution >= 4 is 5.91 Å². The SMILES string of the molecule is CCCOc1ccc(-c2[nH]nc3c2C(c2ccc(OCC(N)=O)cc2)C(C#N)=C(N)O3)cc1. The molecule has 0 fully saturated rings. The van der Waals surface area contributed by atoms with Crippen molar-refractivity contribution in [2.45, 2.75) is 19.3 Å².